The van der Waals surface area contributed by atoms with Crippen LogP contribution in [-0.4, -0.2) is 38.7 Å². The van der Waals surface area contributed by atoms with Crippen molar-refractivity contribution in [2.45, 2.75) is 45.3 Å². The second-order valence-corrected chi connectivity index (χ2v) is 8.87. The molecule has 180 valence electrons. The molecule has 0 bridgehead atoms. The van der Waals surface area contributed by atoms with Crippen molar-refractivity contribution in [3.05, 3.63) is 98.7 Å². The minimum absolute atomic E-state index is 0.134. The Balaban J connectivity index is 1.42. The fourth-order valence-electron chi connectivity index (χ4n) is 4.74. The van der Waals surface area contributed by atoms with E-state index in [0.717, 1.165) is 11.1 Å². The molecule has 8 nitrogen and oxygen atoms in total. The zero-order chi connectivity index (χ0) is 24.9. The maximum Gasteiger partial charge on any atom is 0.276 e. The number of ether oxygens (including phenoxy) is 1. The summed E-state index contributed by atoms with van der Waals surface area (Å²) in [6.07, 6.45) is 0.243. The van der Waals surface area contributed by atoms with E-state index >= 15 is 0 Å². The molecule has 3 atom stereocenters. The summed E-state index contributed by atoms with van der Waals surface area (Å²) in [6.45, 7) is 3.60. The summed E-state index contributed by atoms with van der Waals surface area (Å²) in [6, 6.07) is 13.8. The number of rotatable bonds is 4. The van der Waals surface area contributed by atoms with Crippen LogP contribution in [-0.2, 0) is 17.8 Å². The summed E-state index contributed by atoms with van der Waals surface area (Å²) in [5.74, 6) is -2.59. The minimum atomic E-state index is -0.961. The summed E-state index contributed by atoms with van der Waals surface area (Å²) in [7, 11) is 0. The highest BCUT2D eigenvalue weighted by molar-refractivity contribution is 5.99. The highest BCUT2D eigenvalue weighted by Crippen LogP contribution is 2.39. The number of aromatic nitrogens is 1. The average molecular weight is 477 g/mol. The lowest BCUT2D eigenvalue weighted by atomic mass is 10.0. The SMILES string of the molecule is Cc1ccc(CNC(=O)c2cn3c(c(O)c2=O)C(=O)N2C(C3)O[C@@H](c3ccccc3)[C@H]2C)c(F)c1. The third kappa shape index (κ3) is 3.87. The molecular weight excluding hydrogens is 453 g/mol. The highest BCUT2D eigenvalue weighted by Gasteiger charge is 2.47. The van der Waals surface area contributed by atoms with Crippen LogP contribution >= 0.6 is 0 Å². The summed E-state index contributed by atoms with van der Waals surface area (Å²) < 4.78 is 21.7. The molecule has 0 saturated carbocycles. The summed E-state index contributed by atoms with van der Waals surface area (Å²) in [5.41, 5.74) is 0.428. The van der Waals surface area contributed by atoms with Gasteiger partial charge in [-0.25, -0.2) is 4.39 Å². The number of halogens is 1. The van der Waals surface area contributed by atoms with E-state index in [9.17, 15) is 23.9 Å². The van der Waals surface area contributed by atoms with Gasteiger partial charge in [0.05, 0.1) is 12.6 Å². The van der Waals surface area contributed by atoms with Crippen molar-refractivity contribution >= 4 is 11.8 Å². The fourth-order valence-corrected chi connectivity index (χ4v) is 4.74. The molecule has 1 saturated heterocycles. The number of pyridine rings is 1. The maximum atomic E-state index is 14.1. The number of hydrogen-bond donors (Lipinski definition) is 2. The van der Waals surface area contributed by atoms with Gasteiger partial charge in [0, 0.05) is 18.3 Å². The Hall–Kier alpha value is -3.98. The van der Waals surface area contributed by atoms with Crippen LogP contribution in [0.3, 0.4) is 0 Å². The largest absolute Gasteiger partial charge is 0.503 e. The van der Waals surface area contributed by atoms with E-state index in [4.69, 9.17) is 4.74 Å². The lowest BCUT2D eigenvalue weighted by Gasteiger charge is -2.33. The number of carbonyl (C=O) groups is 2. The van der Waals surface area contributed by atoms with E-state index in [-0.39, 0.29) is 42.1 Å². The monoisotopic (exact) mass is 477 g/mol. The number of aromatic hydroxyl groups is 1. The molecule has 2 aliphatic heterocycles. The van der Waals surface area contributed by atoms with Gasteiger partial charge in [-0.05, 0) is 31.0 Å². The van der Waals surface area contributed by atoms with Gasteiger partial charge in [0.1, 0.15) is 17.5 Å². The molecule has 0 aliphatic carbocycles. The van der Waals surface area contributed by atoms with Crippen LogP contribution in [0, 0.1) is 12.7 Å². The normalized spacial score (nSPS) is 20.9. The second kappa shape index (κ2) is 8.66. The molecule has 0 spiro atoms. The molecule has 2 aromatic carbocycles. The third-order valence-corrected chi connectivity index (χ3v) is 6.56. The van der Waals surface area contributed by atoms with Gasteiger partial charge in [-0.2, -0.15) is 0 Å². The van der Waals surface area contributed by atoms with Gasteiger partial charge in [-0.15, -0.1) is 0 Å². The Labute approximate surface area is 200 Å². The van der Waals surface area contributed by atoms with E-state index in [1.54, 1.807) is 19.1 Å². The van der Waals surface area contributed by atoms with Crippen LogP contribution in [0.15, 0.2) is 59.5 Å². The Bertz CT molecular complexity index is 1390. The van der Waals surface area contributed by atoms with Crippen molar-refractivity contribution in [1.82, 2.24) is 14.8 Å². The fraction of sp³-hybridized carbons (Fsp3) is 0.269. The number of carbonyl (C=O) groups excluding carboxylic acids is 2. The van der Waals surface area contributed by atoms with Crippen molar-refractivity contribution < 1.29 is 23.8 Å². The van der Waals surface area contributed by atoms with Crippen LogP contribution in [0.4, 0.5) is 4.39 Å². The number of hydrogen-bond acceptors (Lipinski definition) is 5. The zero-order valence-corrected chi connectivity index (χ0v) is 19.2. The number of benzene rings is 2. The van der Waals surface area contributed by atoms with E-state index < -0.39 is 35.0 Å². The molecule has 3 heterocycles. The van der Waals surface area contributed by atoms with Crippen molar-refractivity contribution in [3.63, 3.8) is 0 Å². The van der Waals surface area contributed by atoms with E-state index in [1.165, 1.54) is 21.7 Å². The lowest BCUT2D eigenvalue weighted by molar-refractivity contribution is -0.0154. The molecule has 2 N–H and O–H groups in total. The predicted octanol–water partition coefficient (Wildman–Crippen LogP) is 2.87. The molecule has 5 rings (SSSR count). The summed E-state index contributed by atoms with van der Waals surface area (Å²) in [4.78, 5) is 40.4. The summed E-state index contributed by atoms with van der Waals surface area (Å²) in [5, 5.41) is 13.1. The second-order valence-electron chi connectivity index (χ2n) is 8.87. The van der Waals surface area contributed by atoms with Crippen molar-refractivity contribution in [1.29, 1.82) is 0 Å². The molecule has 35 heavy (non-hydrogen) atoms. The van der Waals surface area contributed by atoms with Crippen molar-refractivity contribution in [2.24, 2.45) is 0 Å². The number of aryl methyl sites for hydroxylation is 1. The van der Waals surface area contributed by atoms with Crippen LogP contribution in [0.5, 0.6) is 5.75 Å². The quantitative estimate of drug-likeness (QED) is 0.602. The first-order chi connectivity index (χ1) is 16.8. The molecule has 2 amide bonds. The zero-order valence-electron chi connectivity index (χ0n) is 19.2. The van der Waals surface area contributed by atoms with Crippen LogP contribution < -0.4 is 10.7 Å². The number of fused-ring (bicyclic) bond motifs is 2. The van der Waals surface area contributed by atoms with Gasteiger partial charge in [-0.1, -0.05) is 42.5 Å². The molecular formula is C26H24FN3O5. The molecule has 3 aromatic rings. The molecule has 0 radical (unpaired) electrons. The molecule has 1 unspecified atom stereocenters. The Morgan fingerprint density at radius 2 is 1.94 bits per heavy atom. The van der Waals surface area contributed by atoms with E-state index in [2.05, 4.69) is 5.32 Å². The van der Waals surface area contributed by atoms with E-state index in [0.29, 0.717) is 0 Å². The van der Waals surface area contributed by atoms with Crippen molar-refractivity contribution in [3.8, 4) is 5.75 Å². The average Bonchev–Trinajstić information content (AvgIpc) is 3.17. The lowest BCUT2D eigenvalue weighted by Crippen LogP contribution is -2.49. The van der Waals surface area contributed by atoms with Gasteiger partial charge in [0.25, 0.3) is 11.8 Å². The molecule has 1 fully saturated rings. The predicted molar refractivity (Wildman–Crippen MR) is 124 cm³/mol. The summed E-state index contributed by atoms with van der Waals surface area (Å²) >= 11 is 0. The molecule has 1 aromatic heterocycles. The first-order valence-corrected chi connectivity index (χ1v) is 11.3. The van der Waals surface area contributed by atoms with Crippen molar-refractivity contribution in [2.75, 3.05) is 0 Å². The Morgan fingerprint density at radius 3 is 2.66 bits per heavy atom. The van der Waals surface area contributed by atoms with Gasteiger partial charge in [0.15, 0.2) is 17.7 Å². The van der Waals surface area contributed by atoms with Gasteiger partial charge in [0.2, 0.25) is 5.43 Å². The van der Waals surface area contributed by atoms with Gasteiger partial charge < -0.3 is 24.6 Å². The molecule has 9 heteroatoms. The standard InChI is InChI=1S/C26H24FN3O5/c1-14-8-9-17(19(27)10-14)11-28-25(33)18-12-29-13-20-30(26(34)21(29)23(32)22(18)31)15(2)24(35-20)16-6-4-3-5-7-16/h3-10,12,15,20,24,32H,11,13H2,1-2H3,(H,28,33)/t15-,20?,24-/m1/s1. The van der Waals surface area contributed by atoms with Gasteiger partial charge >= 0.3 is 0 Å². The van der Waals surface area contributed by atoms with Gasteiger partial charge in [-0.3, -0.25) is 14.4 Å². The number of amides is 2. The van der Waals surface area contributed by atoms with E-state index in [1.807, 2.05) is 37.3 Å². The van der Waals surface area contributed by atoms with Crippen LogP contribution in [0.1, 0.15) is 50.6 Å². The third-order valence-electron chi connectivity index (χ3n) is 6.56. The Morgan fingerprint density at radius 1 is 1.20 bits per heavy atom. The smallest absolute Gasteiger partial charge is 0.276 e. The van der Waals surface area contributed by atoms with Crippen LogP contribution in [0.2, 0.25) is 0 Å². The topological polar surface area (TPSA) is 101 Å². The first-order valence-electron chi connectivity index (χ1n) is 11.3. The molecule has 2 aliphatic rings. The minimum Gasteiger partial charge on any atom is -0.503 e. The number of nitrogens with one attached hydrogen (secondary N) is 1. The van der Waals surface area contributed by atoms with Crippen LogP contribution in [0.25, 0.3) is 0 Å². The highest BCUT2D eigenvalue weighted by atomic mass is 19.1. The maximum absolute atomic E-state index is 14.1. The number of nitrogens with zero attached hydrogens (tertiary/aromatic N) is 2. The first kappa shape index (κ1) is 22.8. The Kier molecular flexibility index (Phi) is 5.64.